The smallest absolute Gasteiger partial charge is 0.264 e. The number of rotatable bonds is 11. The van der Waals surface area contributed by atoms with Gasteiger partial charge in [0.2, 0.25) is 11.8 Å². The van der Waals surface area contributed by atoms with Gasteiger partial charge in [-0.05, 0) is 88.7 Å². The molecule has 1 atom stereocenters. The maximum absolute atomic E-state index is 13.9. The van der Waals surface area contributed by atoms with Gasteiger partial charge in [-0.15, -0.1) is 0 Å². The molecule has 0 heterocycles. The van der Waals surface area contributed by atoms with Crippen LogP contribution in [0, 0.1) is 5.82 Å². The molecule has 0 saturated carbocycles. The van der Waals surface area contributed by atoms with Gasteiger partial charge in [-0.1, -0.05) is 30.3 Å². The highest BCUT2D eigenvalue weighted by molar-refractivity contribution is 7.92. The van der Waals surface area contributed by atoms with E-state index < -0.39 is 45.8 Å². The van der Waals surface area contributed by atoms with Gasteiger partial charge in [-0.2, -0.15) is 0 Å². The molecule has 40 heavy (non-hydrogen) atoms. The summed E-state index contributed by atoms with van der Waals surface area (Å²) in [4.78, 5) is 28.3. The molecule has 2 amide bonds. The molecule has 214 valence electrons. The molecule has 0 bridgehead atoms. The molecule has 0 unspecified atom stereocenters. The molecule has 0 radical (unpaired) electrons. The highest BCUT2D eigenvalue weighted by Gasteiger charge is 2.33. The molecular weight excluding hydrogens is 533 g/mol. The SMILES string of the molecule is CCOc1ccc(S(=O)(=O)N(CC(=O)N(Cc2ccc(F)cc2)[C@@H](C)C(=O)NC(C)(C)C)c2ccccc2)cc1. The van der Waals surface area contributed by atoms with Gasteiger partial charge in [-0.3, -0.25) is 13.9 Å². The third-order valence-corrected chi connectivity index (χ3v) is 7.77. The lowest BCUT2D eigenvalue weighted by atomic mass is 10.1. The Morgan fingerprint density at radius 1 is 0.950 bits per heavy atom. The second-order valence-corrected chi connectivity index (χ2v) is 12.2. The van der Waals surface area contributed by atoms with Crippen molar-refractivity contribution in [3.8, 4) is 5.75 Å². The predicted octanol–water partition coefficient (Wildman–Crippen LogP) is 4.75. The molecule has 0 fully saturated rings. The Morgan fingerprint density at radius 2 is 1.55 bits per heavy atom. The Morgan fingerprint density at radius 3 is 2.10 bits per heavy atom. The van der Waals surface area contributed by atoms with E-state index in [1.165, 1.54) is 41.3 Å². The maximum Gasteiger partial charge on any atom is 0.264 e. The van der Waals surface area contributed by atoms with E-state index in [-0.39, 0.29) is 11.4 Å². The number of carbonyl (C=O) groups is 2. The fraction of sp³-hybridized carbons (Fsp3) is 0.333. The van der Waals surface area contributed by atoms with E-state index in [1.54, 1.807) is 49.4 Å². The second kappa shape index (κ2) is 13.0. The number of hydrogen-bond acceptors (Lipinski definition) is 5. The van der Waals surface area contributed by atoms with Gasteiger partial charge in [-0.25, -0.2) is 12.8 Å². The highest BCUT2D eigenvalue weighted by atomic mass is 32.2. The fourth-order valence-electron chi connectivity index (χ4n) is 3.97. The van der Waals surface area contributed by atoms with Gasteiger partial charge in [0.15, 0.2) is 0 Å². The fourth-order valence-corrected chi connectivity index (χ4v) is 5.38. The van der Waals surface area contributed by atoms with Crippen molar-refractivity contribution < 1.29 is 27.1 Å². The number of anilines is 1. The number of nitrogens with zero attached hydrogens (tertiary/aromatic N) is 2. The summed E-state index contributed by atoms with van der Waals surface area (Å²) in [5, 5.41) is 2.87. The minimum Gasteiger partial charge on any atom is -0.494 e. The van der Waals surface area contributed by atoms with Crippen LogP contribution in [-0.2, 0) is 26.2 Å². The molecule has 3 aromatic rings. The summed E-state index contributed by atoms with van der Waals surface area (Å²) in [7, 11) is -4.19. The van der Waals surface area contributed by atoms with Crippen LogP contribution in [0.3, 0.4) is 0 Å². The van der Waals surface area contributed by atoms with Crippen LogP contribution >= 0.6 is 0 Å². The minimum absolute atomic E-state index is 0.0174. The third kappa shape index (κ3) is 8.05. The van der Waals surface area contributed by atoms with Crippen molar-refractivity contribution in [2.24, 2.45) is 0 Å². The molecule has 0 aliphatic rings. The summed E-state index contributed by atoms with van der Waals surface area (Å²) >= 11 is 0. The molecule has 0 aliphatic heterocycles. The van der Waals surface area contributed by atoms with Crippen LogP contribution in [0.15, 0.2) is 83.8 Å². The van der Waals surface area contributed by atoms with E-state index in [2.05, 4.69) is 5.32 Å². The predicted molar refractivity (Wildman–Crippen MR) is 153 cm³/mol. The molecule has 1 N–H and O–H groups in total. The van der Waals surface area contributed by atoms with Crippen molar-refractivity contribution in [3.63, 3.8) is 0 Å². The number of ether oxygens (including phenoxy) is 1. The number of halogens is 1. The van der Waals surface area contributed by atoms with Crippen molar-refractivity contribution in [2.75, 3.05) is 17.5 Å². The Labute approximate surface area is 235 Å². The first-order valence-corrected chi connectivity index (χ1v) is 14.4. The molecule has 0 aliphatic carbocycles. The molecule has 0 aromatic heterocycles. The lowest BCUT2D eigenvalue weighted by Crippen LogP contribution is -2.54. The lowest BCUT2D eigenvalue weighted by molar-refractivity contribution is -0.140. The van der Waals surface area contributed by atoms with E-state index >= 15 is 0 Å². The van der Waals surface area contributed by atoms with E-state index in [1.807, 2.05) is 27.7 Å². The first-order chi connectivity index (χ1) is 18.8. The van der Waals surface area contributed by atoms with Crippen molar-refractivity contribution >= 4 is 27.5 Å². The van der Waals surface area contributed by atoms with Crippen molar-refractivity contribution in [3.05, 3.63) is 90.2 Å². The van der Waals surface area contributed by atoms with E-state index in [4.69, 9.17) is 4.74 Å². The van der Waals surface area contributed by atoms with Gasteiger partial charge in [0.1, 0.15) is 24.2 Å². The zero-order valence-corrected chi connectivity index (χ0v) is 24.2. The van der Waals surface area contributed by atoms with E-state index in [9.17, 15) is 22.4 Å². The summed E-state index contributed by atoms with van der Waals surface area (Å²) < 4.78 is 47.7. The number of sulfonamides is 1. The normalized spacial score (nSPS) is 12.3. The summed E-state index contributed by atoms with van der Waals surface area (Å²) in [5.41, 5.74) is 0.326. The van der Waals surface area contributed by atoms with E-state index in [0.29, 0.717) is 23.6 Å². The Bertz CT molecular complexity index is 1390. The lowest BCUT2D eigenvalue weighted by Gasteiger charge is -2.33. The second-order valence-electron chi connectivity index (χ2n) is 10.3. The van der Waals surface area contributed by atoms with Crippen LogP contribution in [-0.4, -0.2) is 49.9 Å². The van der Waals surface area contributed by atoms with Crippen LogP contribution in [0.5, 0.6) is 5.75 Å². The molecule has 3 aromatic carbocycles. The average Bonchev–Trinajstić information content (AvgIpc) is 2.91. The zero-order valence-electron chi connectivity index (χ0n) is 23.4. The molecule has 10 heteroatoms. The number of hydrogen-bond donors (Lipinski definition) is 1. The first kappa shape index (κ1) is 30.6. The van der Waals surface area contributed by atoms with Gasteiger partial charge in [0, 0.05) is 12.1 Å². The zero-order chi connectivity index (χ0) is 29.5. The highest BCUT2D eigenvalue weighted by Crippen LogP contribution is 2.26. The topological polar surface area (TPSA) is 96.0 Å². The molecule has 3 rings (SSSR count). The standard InChI is InChI=1S/C30H36FN3O5S/c1-6-39-26-16-18-27(19-17-26)40(37,38)34(25-10-8-7-9-11-25)21-28(35)33(20-23-12-14-24(31)15-13-23)22(2)29(36)32-30(3,4)5/h7-19,22H,6,20-21H2,1-5H3,(H,32,36)/t22-/m0/s1. The largest absolute Gasteiger partial charge is 0.494 e. The summed E-state index contributed by atoms with van der Waals surface area (Å²) in [6.07, 6.45) is 0. The van der Waals surface area contributed by atoms with Crippen LogP contribution in [0.4, 0.5) is 10.1 Å². The Kier molecular flexibility index (Phi) is 9.92. The van der Waals surface area contributed by atoms with Crippen LogP contribution in [0.1, 0.15) is 40.2 Å². The summed E-state index contributed by atoms with van der Waals surface area (Å²) in [6, 6.07) is 18.9. The number of benzene rings is 3. The van der Waals surface area contributed by atoms with Crippen LogP contribution < -0.4 is 14.4 Å². The summed E-state index contributed by atoms with van der Waals surface area (Å²) in [6.45, 7) is 8.72. The van der Waals surface area contributed by atoms with Gasteiger partial charge in [0.05, 0.1) is 17.2 Å². The Balaban J connectivity index is 2.00. The van der Waals surface area contributed by atoms with Gasteiger partial charge in [0.25, 0.3) is 10.0 Å². The number of amides is 2. The third-order valence-electron chi connectivity index (χ3n) is 5.98. The maximum atomic E-state index is 13.9. The molecule has 8 nitrogen and oxygen atoms in total. The van der Waals surface area contributed by atoms with Crippen LogP contribution in [0.25, 0.3) is 0 Å². The number of carbonyl (C=O) groups excluding carboxylic acids is 2. The Hall–Kier alpha value is -3.92. The van der Waals surface area contributed by atoms with Crippen molar-refractivity contribution in [1.29, 1.82) is 0 Å². The van der Waals surface area contributed by atoms with Crippen LogP contribution in [0.2, 0.25) is 0 Å². The van der Waals surface area contributed by atoms with Gasteiger partial charge >= 0.3 is 0 Å². The van der Waals surface area contributed by atoms with Gasteiger partial charge < -0.3 is 15.0 Å². The average molecular weight is 570 g/mol. The monoisotopic (exact) mass is 569 g/mol. The van der Waals surface area contributed by atoms with Crippen molar-refractivity contribution in [2.45, 2.75) is 57.6 Å². The minimum atomic E-state index is -4.19. The quantitative estimate of drug-likeness (QED) is 0.360. The number of nitrogens with one attached hydrogen (secondary N) is 1. The van der Waals surface area contributed by atoms with E-state index in [0.717, 1.165) is 4.31 Å². The molecule has 0 spiro atoms. The molecule has 0 saturated heterocycles. The molecular formula is C30H36FN3O5S. The first-order valence-electron chi connectivity index (χ1n) is 13.0. The van der Waals surface area contributed by atoms with Crippen molar-refractivity contribution in [1.82, 2.24) is 10.2 Å². The summed E-state index contributed by atoms with van der Waals surface area (Å²) in [5.74, 6) is -0.910. The number of para-hydroxylation sites is 1.